The smallest absolute Gasteiger partial charge is 0.261 e. The molecule has 0 saturated carbocycles. The van der Waals surface area contributed by atoms with Crippen molar-refractivity contribution in [3.8, 4) is 11.1 Å². The largest absolute Gasteiger partial charge is 0.381 e. The summed E-state index contributed by atoms with van der Waals surface area (Å²) in [7, 11) is 4.04. The van der Waals surface area contributed by atoms with Crippen molar-refractivity contribution in [1.82, 2.24) is 19.8 Å². The highest BCUT2D eigenvalue weighted by atomic mass is 19.3. The molecule has 2 aliphatic heterocycles. The second-order valence-corrected chi connectivity index (χ2v) is 11.0. The number of likely N-dealkylation sites (tertiary alicyclic amines) is 1. The average molecular weight is 562 g/mol. The van der Waals surface area contributed by atoms with E-state index in [4.69, 9.17) is 0 Å². The Hall–Kier alpha value is -3.89. The first-order valence-electron chi connectivity index (χ1n) is 14.0. The van der Waals surface area contributed by atoms with Crippen LogP contribution in [0, 0.1) is 0 Å². The first-order valence-corrected chi connectivity index (χ1v) is 14.0. The van der Waals surface area contributed by atoms with Crippen LogP contribution in [0.3, 0.4) is 0 Å². The molecule has 0 radical (unpaired) electrons. The van der Waals surface area contributed by atoms with Gasteiger partial charge >= 0.3 is 0 Å². The van der Waals surface area contributed by atoms with Gasteiger partial charge in [0.15, 0.2) is 0 Å². The topological polar surface area (TPSA) is 85.4 Å². The van der Waals surface area contributed by atoms with Crippen molar-refractivity contribution >= 4 is 28.7 Å². The minimum Gasteiger partial charge on any atom is -0.381 e. The minimum atomic E-state index is -2.63. The zero-order chi connectivity index (χ0) is 29.0. The SMILES string of the molecule is CCC1=C(C(=O)Nc2ccc(NCCN(C)C)nc2)c2cc(-c3cncc(CN4CCC(F)(F)C4)c3)ccc2NC1. The second-order valence-electron chi connectivity index (χ2n) is 11.0. The van der Waals surface area contributed by atoms with Gasteiger partial charge in [0.05, 0.1) is 18.4 Å². The van der Waals surface area contributed by atoms with E-state index in [2.05, 4.69) is 30.8 Å². The zero-order valence-corrected chi connectivity index (χ0v) is 23.8. The van der Waals surface area contributed by atoms with E-state index in [1.807, 2.05) is 57.4 Å². The normalized spacial score (nSPS) is 16.4. The maximum absolute atomic E-state index is 13.7. The lowest BCUT2D eigenvalue weighted by molar-refractivity contribution is -0.111. The summed E-state index contributed by atoms with van der Waals surface area (Å²) in [6, 6.07) is 11.7. The number of hydrogen-bond donors (Lipinski definition) is 3. The Morgan fingerprint density at radius 3 is 2.68 bits per heavy atom. The average Bonchev–Trinajstić information content (AvgIpc) is 3.30. The number of carbonyl (C=O) groups is 1. The van der Waals surface area contributed by atoms with Crippen LogP contribution >= 0.6 is 0 Å². The number of amides is 1. The molecular formula is C31H37F2N7O. The van der Waals surface area contributed by atoms with Gasteiger partial charge in [-0.1, -0.05) is 13.0 Å². The van der Waals surface area contributed by atoms with Crippen molar-refractivity contribution in [2.75, 3.05) is 62.8 Å². The number of nitrogens with one attached hydrogen (secondary N) is 3. The first-order chi connectivity index (χ1) is 19.7. The van der Waals surface area contributed by atoms with Crippen molar-refractivity contribution in [3.63, 3.8) is 0 Å². The van der Waals surface area contributed by atoms with Gasteiger partial charge in [-0.3, -0.25) is 14.7 Å². The second kappa shape index (κ2) is 12.3. The lowest BCUT2D eigenvalue weighted by Crippen LogP contribution is -2.24. The highest BCUT2D eigenvalue weighted by molar-refractivity contribution is 6.28. The monoisotopic (exact) mass is 561 g/mol. The summed E-state index contributed by atoms with van der Waals surface area (Å²) in [5, 5.41) is 9.74. The molecule has 5 rings (SSSR count). The number of nitrogens with zero attached hydrogens (tertiary/aromatic N) is 4. The lowest BCUT2D eigenvalue weighted by Gasteiger charge is -2.25. The van der Waals surface area contributed by atoms with Gasteiger partial charge in [0.25, 0.3) is 11.8 Å². The van der Waals surface area contributed by atoms with Gasteiger partial charge < -0.3 is 20.9 Å². The highest BCUT2D eigenvalue weighted by Crippen LogP contribution is 2.36. The Morgan fingerprint density at radius 2 is 1.98 bits per heavy atom. The third-order valence-corrected chi connectivity index (χ3v) is 7.46. The Balaban J connectivity index is 1.35. The molecule has 0 aliphatic carbocycles. The molecule has 2 aliphatic rings. The van der Waals surface area contributed by atoms with E-state index in [0.717, 1.165) is 58.8 Å². The molecule has 1 saturated heterocycles. The maximum atomic E-state index is 13.7. The Bertz CT molecular complexity index is 1420. The zero-order valence-electron chi connectivity index (χ0n) is 23.8. The number of benzene rings is 1. The van der Waals surface area contributed by atoms with Crippen LogP contribution in [-0.2, 0) is 11.3 Å². The van der Waals surface area contributed by atoms with Crippen LogP contribution in [-0.4, -0.2) is 78.4 Å². The van der Waals surface area contributed by atoms with Crippen LogP contribution in [0.25, 0.3) is 16.7 Å². The van der Waals surface area contributed by atoms with E-state index < -0.39 is 5.92 Å². The highest BCUT2D eigenvalue weighted by Gasteiger charge is 2.38. The quantitative estimate of drug-likeness (QED) is 0.314. The van der Waals surface area contributed by atoms with Crippen molar-refractivity contribution in [3.05, 3.63) is 71.7 Å². The number of hydrogen-bond acceptors (Lipinski definition) is 7. The molecule has 8 nitrogen and oxygen atoms in total. The number of fused-ring (bicyclic) bond motifs is 1. The minimum absolute atomic E-state index is 0.108. The molecule has 0 atom stereocenters. The molecule has 1 fully saturated rings. The number of rotatable bonds is 10. The first kappa shape index (κ1) is 28.6. The van der Waals surface area contributed by atoms with Crippen LogP contribution in [0.4, 0.5) is 26.0 Å². The molecule has 2 aromatic heterocycles. The maximum Gasteiger partial charge on any atom is 0.261 e. The Kier molecular flexibility index (Phi) is 8.60. The molecule has 3 aromatic rings. The van der Waals surface area contributed by atoms with Crippen LogP contribution in [0.2, 0.25) is 0 Å². The van der Waals surface area contributed by atoms with Crippen molar-refractivity contribution in [2.45, 2.75) is 32.2 Å². The van der Waals surface area contributed by atoms with Crippen molar-refractivity contribution < 1.29 is 13.6 Å². The molecule has 10 heteroatoms. The predicted octanol–water partition coefficient (Wildman–Crippen LogP) is 5.19. The van der Waals surface area contributed by atoms with E-state index in [0.29, 0.717) is 30.9 Å². The molecule has 0 unspecified atom stereocenters. The Morgan fingerprint density at radius 1 is 1.12 bits per heavy atom. The molecular weight excluding hydrogens is 524 g/mol. The molecule has 3 N–H and O–H groups in total. The number of carbonyl (C=O) groups excluding carboxylic acids is 1. The number of likely N-dealkylation sites (N-methyl/N-ethyl adjacent to an activating group) is 1. The number of halogens is 2. The van der Waals surface area contributed by atoms with E-state index in [1.165, 1.54) is 0 Å². The van der Waals surface area contributed by atoms with Crippen LogP contribution < -0.4 is 16.0 Å². The predicted molar refractivity (Wildman–Crippen MR) is 160 cm³/mol. The summed E-state index contributed by atoms with van der Waals surface area (Å²) >= 11 is 0. The number of anilines is 3. The van der Waals surface area contributed by atoms with E-state index in [-0.39, 0.29) is 18.9 Å². The molecule has 4 heterocycles. The molecule has 0 spiro atoms. The van der Waals surface area contributed by atoms with Crippen molar-refractivity contribution in [2.24, 2.45) is 0 Å². The number of pyridine rings is 2. The van der Waals surface area contributed by atoms with Gasteiger partial charge in [0.1, 0.15) is 5.82 Å². The standard InChI is InChI=1S/C31H37F2N7O/c1-4-22-17-36-27-7-5-23(24-13-21(15-34-16-24)19-40-11-9-31(32,33)20-40)14-26(27)29(22)30(41)38-25-6-8-28(37-18-25)35-10-12-39(2)3/h5-8,13-16,18,36H,4,9-12,17,19-20H2,1-3H3,(H,35,37)(H,38,41). The third kappa shape index (κ3) is 7.07. The summed E-state index contributed by atoms with van der Waals surface area (Å²) in [6.07, 6.45) is 5.77. The van der Waals surface area contributed by atoms with E-state index in [9.17, 15) is 13.6 Å². The summed E-state index contributed by atoms with van der Waals surface area (Å²) in [5.41, 5.74) is 6.66. The summed E-state index contributed by atoms with van der Waals surface area (Å²) in [5.74, 6) is -2.05. The third-order valence-electron chi connectivity index (χ3n) is 7.46. The summed E-state index contributed by atoms with van der Waals surface area (Å²) < 4.78 is 27.4. The molecule has 0 bridgehead atoms. The van der Waals surface area contributed by atoms with Crippen LogP contribution in [0.15, 0.2) is 60.6 Å². The van der Waals surface area contributed by atoms with Crippen molar-refractivity contribution in [1.29, 1.82) is 0 Å². The molecule has 1 aromatic carbocycles. The van der Waals surface area contributed by atoms with Gasteiger partial charge in [-0.05, 0) is 67.5 Å². The summed E-state index contributed by atoms with van der Waals surface area (Å²) in [6.45, 7) is 4.87. The van der Waals surface area contributed by atoms with Gasteiger partial charge in [-0.2, -0.15) is 0 Å². The fourth-order valence-electron chi connectivity index (χ4n) is 5.26. The van der Waals surface area contributed by atoms with E-state index in [1.54, 1.807) is 23.5 Å². The van der Waals surface area contributed by atoms with Gasteiger partial charge in [-0.25, -0.2) is 13.8 Å². The molecule has 216 valence electrons. The van der Waals surface area contributed by atoms with Gasteiger partial charge in [0, 0.05) is 73.9 Å². The van der Waals surface area contributed by atoms with Crippen LogP contribution in [0.1, 0.15) is 30.9 Å². The van der Waals surface area contributed by atoms with Crippen LogP contribution in [0.5, 0.6) is 0 Å². The fraction of sp³-hybridized carbons (Fsp3) is 0.387. The lowest BCUT2D eigenvalue weighted by atomic mass is 9.90. The number of alkyl halides is 2. The van der Waals surface area contributed by atoms with Gasteiger partial charge in [0.2, 0.25) is 0 Å². The van der Waals surface area contributed by atoms with E-state index >= 15 is 0 Å². The fourth-order valence-corrected chi connectivity index (χ4v) is 5.26. The molecule has 41 heavy (non-hydrogen) atoms. The summed E-state index contributed by atoms with van der Waals surface area (Å²) in [4.78, 5) is 26.3. The van der Waals surface area contributed by atoms with Gasteiger partial charge in [-0.15, -0.1) is 0 Å². The molecule has 1 amide bonds. The Labute approximate surface area is 239 Å². The number of aromatic nitrogens is 2.